The van der Waals surface area contributed by atoms with Crippen LogP contribution in [-0.2, 0) is 33.6 Å². The van der Waals surface area contributed by atoms with E-state index >= 15 is 0 Å². The first kappa shape index (κ1) is 43.2. The van der Waals surface area contributed by atoms with E-state index in [0.717, 1.165) is 74.3 Å². The maximum absolute atomic E-state index is 14.4. The Morgan fingerprint density at radius 1 is 0.852 bits per heavy atom. The highest BCUT2D eigenvalue weighted by atomic mass is 16.2. The number of hydrogen-bond acceptors (Lipinski definition) is 5. The molecule has 3 fully saturated rings. The lowest BCUT2D eigenvalue weighted by Crippen LogP contribution is -2.39. The molecular formula is C55H69N3O3. The fourth-order valence-electron chi connectivity index (χ4n) is 11.9. The topological polar surface area (TPSA) is 79.7 Å². The highest BCUT2D eigenvalue weighted by Crippen LogP contribution is 2.45. The van der Waals surface area contributed by atoms with E-state index in [4.69, 9.17) is 4.98 Å². The molecule has 1 atom stereocenters. The van der Waals surface area contributed by atoms with Gasteiger partial charge in [-0.2, -0.15) is 0 Å². The molecular weight excluding hydrogens is 751 g/mol. The van der Waals surface area contributed by atoms with Gasteiger partial charge in [-0.15, -0.1) is 0 Å². The minimum atomic E-state index is -0.0949. The first-order valence-corrected chi connectivity index (χ1v) is 24.2. The van der Waals surface area contributed by atoms with Gasteiger partial charge in [0.2, 0.25) is 5.91 Å². The summed E-state index contributed by atoms with van der Waals surface area (Å²) in [6.07, 6.45) is 29.0. The second-order valence-electron chi connectivity index (χ2n) is 19.3. The zero-order valence-electron chi connectivity index (χ0n) is 37.1. The summed E-state index contributed by atoms with van der Waals surface area (Å²) in [6.45, 7) is 6.50. The maximum Gasteiger partial charge on any atom is 0.222 e. The first-order chi connectivity index (χ1) is 29.8. The SMILES string of the molecule is CCCc1cccnc1C1CCC(C2CCC(CC(=O)[C@H](CCCC(=O)N3CCC(C4=Cc5ccccc5CCC4=O)CC3)Cc3cc(C)c4c(c3)C=NCC=C4)CC2)CC1. The normalized spacial score (nSPS) is 23.7. The molecule has 0 bridgehead atoms. The van der Waals surface area contributed by atoms with E-state index in [1.165, 1.54) is 84.0 Å². The quantitative estimate of drug-likeness (QED) is 0.162. The van der Waals surface area contributed by atoms with Gasteiger partial charge < -0.3 is 4.90 Å². The number of piperidine rings is 1. The molecule has 1 amide bonds. The van der Waals surface area contributed by atoms with Crippen molar-refractivity contribution in [1.82, 2.24) is 9.88 Å². The van der Waals surface area contributed by atoms with Gasteiger partial charge in [-0.05, 0) is 184 Å². The number of allylic oxidation sites excluding steroid dienone is 1. The summed E-state index contributed by atoms with van der Waals surface area (Å²) in [7, 11) is 0. The van der Waals surface area contributed by atoms with Gasteiger partial charge in [0.05, 0.1) is 6.54 Å². The van der Waals surface area contributed by atoms with Crippen molar-refractivity contribution in [3.63, 3.8) is 0 Å². The Labute approximate surface area is 365 Å². The highest BCUT2D eigenvalue weighted by molar-refractivity contribution is 6.01. The van der Waals surface area contributed by atoms with Gasteiger partial charge >= 0.3 is 0 Å². The predicted octanol–water partition coefficient (Wildman–Crippen LogP) is 11.7. The third-order valence-corrected chi connectivity index (χ3v) is 15.3. The highest BCUT2D eigenvalue weighted by Gasteiger charge is 2.34. The molecule has 0 spiro atoms. The van der Waals surface area contributed by atoms with Crippen LogP contribution in [0.3, 0.4) is 0 Å². The van der Waals surface area contributed by atoms with Crippen LogP contribution < -0.4 is 0 Å². The number of Topliss-reactive ketones (excluding diaryl/α,β-unsaturated/α-hetero) is 2. The van der Waals surface area contributed by atoms with Crippen molar-refractivity contribution in [2.45, 2.75) is 142 Å². The third-order valence-electron chi connectivity index (χ3n) is 15.3. The summed E-state index contributed by atoms with van der Waals surface area (Å²) >= 11 is 0. The lowest BCUT2D eigenvalue weighted by Gasteiger charge is -2.38. The molecule has 61 heavy (non-hydrogen) atoms. The Balaban J connectivity index is 0.851. The summed E-state index contributed by atoms with van der Waals surface area (Å²) in [5, 5.41) is 0. The average Bonchev–Trinajstić information content (AvgIpc) is 3.63. The van der Waals surface area contributed by atoms with Gasteiger partial charge in [-0.25, -0.2) is 0 Å². The van der Waals surface area contributed by atoms with Gasteiger partial charge in [0, 0.05) is 67.9 Å². The summed E-state index contributed by atoms with van der Waals surface area (Å²) in [5.41, 5.74) is 11.0. The smallest absolute Gasteiger partial charge is 0.222 e. The molecule has 3 aliphatic carbocycles. The number of carbonyl (C=O) groups is 3. The van der Waals surface area contributed by atoms with E-state index in [-0.39, 0.29) is 23.5 Å². The Morgan fingerprint density at radius 2 is 1.62 bits per heavy atom. The number of likely N-dealkylation sites (tertiary alicyclic amines) is 1. The van der Waals surface area contributed by atoms with Gasteiger partial charge in [-0.3, -0.25) is 24.4 Å². The first-order valence-electron chi connectivity index (χ1n) is 24.2. The third kappa shape index (κ3) is 10.8. The molecule has 1 saturated heterocycles. The number of benzene rings is 2. The summed E-state index contributed by atoms with van der Waals surface area (Å²) in [5.74, 6) is 3.62. The number of aromatic nitrogens is 1. The molecule has 1 aromatic heterocycles. The Kier molecular flexibility index (Phi) is 14.6. The van der Waals surface area contributed by atoms with Crippen LogP contribution >= 0.6 is 0 Å². The molecule has 0 radical (unpaired) electrons. The fourth-order valence-corrected chi connectivity index (χ4v) is 11.9. The number of amides is 1. The van der Waals surface area contributed by atoms with Crippen LogP contribution in [-0.4, -0.2) is 53.2 Å². The molecule has 6 heteroatoms. The fraction of sp³-hybridized carbons (Fsp3) is 0.545. The Hall–Kier alpha value is -4.45. The van der Waals surface area contributed by atoms with E-state index in [9.17, 15) is 14.4 Å². The van der Waals surface area contributed by atoms with E-state index in [0.29, 0.717) is 62.9 Å². The maximum atomic E-state index is 14.4. The number of hydrogen-bond donors (Lipinski definition) is 0. The van der Waals surface area contributed by atoms with Gasteiger partial charge in [0.25, 0.3) is 0 Å². The number of rotatable bonds is 14. The summed E-state index contributed by atoms with van der Waals surface area (Å²) < 4.78 is 0. The zero-order chi connectivity index (χ0) is 42.1. The van der Waals surface area contributed by atoms with Gasteiger partial charge in [0.1, 0.15) is 5.78 Å². The predicted molar refractivity (Wildman–Crippen MR) is 249 cm³/mol. The van der Waals surface area contributed by atoms with Crippen LogP contribution in [0.25, 0.3) is 12.2 Å². The van der Waals surface area contributed by atoms with Crippen molar-refractivity contribution in [2.75, 3.05) is 19.6 Å². The molecule has 6 nitrogen and oxygen atoms in total. The minimum absolute atomic E-state index is 0.0949. The van der Waals surface area contributed by atoms with Crippen molar-refractivity contribution in [3.05, 3.63) is 111 Å². The number of ketones is 2. The molecule has 0 N–H and O–H groups in total. The molecule has 2 aromatic carbocycles. The summed E-state index contributed by atoms with van der Waals surface area (Å²) in [6, 6.07) is 17.2. The van der Waals surface area contributed by atoms with Crippen LogP contribution in [0.1, 0.15) is 160 Å². The minimum Gasteiger partial charge on any atom is -0.343 e. The molecule has 3 aromatic rings. The molecule has 5 aliphatic rings. The van der Waals surface area contributed by atoms with Crippen LogP contribution in [0, 0.1) is 36.5 Å². The van der Waals surface area contributed by atoms with Crippen molar-refractivity contribution >= 4 is 35.8 Å². The number of aryl methyl sites for hydroxylation is 3. The second kappa shape index (κ2) is 20.6. The standard InChI is InChI=1S/C55H69N3O3/c1-3-9-45-13-7-29-57-55(45)46-22-20-43(21-23-46)42-18-16-39(17-19-42)35-53(60)48(33-40-32-38(2)50-14-8-28-56-37-49(50)34-40)12-6-15-54(61)58-30-26-44(27-31-58)51-36-47-11-5-4-10-41(47)24-25-52(51)59/h4-5,7-8,10-11,13-14,29,32,34,36-37,39,42-44,46,48H,3,6,9,12,15-28,30-31,33,35H2,1-2H3/t39?,42?,43?,46?,48-/m1/s1. The number of nitrogens with zero attached hydrogens (tertiary/aromatic N) is 3. The van der Waals surface area contributed by atoms with E-state index in [1.54, 1.807) is 0 Å². The molecule has 2 aliphatic heterocycles. The van der Waals surface area contributed by atoms with Crippen molar-refractivity contribution < 1.29 is 14.4 Å². The van der Waals surface area contributed by atoms with Crippen molar-refractivity contribution in [1.29, 1.82) is 0 Å². The monoisotopic (exact) mass is 820 g/mol. The van der Waals surface area contributed by atoms with Gasteiger partial charge in [0.15, 0.2) is 5.78 Å². The number of fused-ring (bicyclic) bond motifs is 2. The Morgan fingerprint density at radius 3 is 2.41 bits per heavy atom. The Bertz CT molecular complexity index is 2110. The van der Waals surface area contributed by atoms with Crippen LogP contribution in [0.15, 0.2) is 71.4 Å². The summed E-state index contributed by atoms with van der Waals surface area (Å²) in [4.78, 5) is 52.7. The number of carbonyl (C=O) groups excluding carboxylic acids is 3. The molecule has 0 unspecified atom stereocenters. The second-order valence-corrected chi connectivity index (χ2v) is 19.3. The lowest BCUT2D eigenvalue weighted by molar-refractivity contribution is -0.133. The van der Waals surface area contributed by atoms with E-state index < -0.39 is 0 Å². The van der Waals surface area contributed by atoms with Crippen LogP contribution in [0.5, 0.6) is 0 Å². The average molecular weight is 820 g/mol. The molecule has 3 heterocycles. The molecule has 8 rings (SSSR count). The molecule has 322 valence electrons. The van der Waals surface area contributed by atoms with E-state index in [2.05, 4.69) is 79.5 Å². The number of aliphatic imine (C=N–C) groups is 1. The lowest BCUT2D eigenvalue weighted by atomic mass is 9.67. The largest absolute Gasteiger partial charge is 0.343 e. The number of pyridine rings is 1. The molecule has 2 saturated carbocycles. The van der Waals surface area contributed by atoms with Crippen LogP contribution in [0.2, 0.25) is 0 Å². The van der Waals surface area contributed by atoms with Crippen molar-refractivity contribution in [2.24, 2.45) is 34.6 Å². The van der Waals surface area contributed by atoms with Crippen LogP contribution in [0.4, 0.5) is 0 Å². The van der Waals surface area contributed by atoms with Crippen molar-refractivity contribution in [3.8, 4) is 0 Å². The van der Waals surface area contributed by atoms with Gasteiger partial charge in [-0.1, -0.05) is 61.9 Å². The van der Waals surface area contributed by atoms with E-state index in [1.807, 2.05) is 23.4 Å². The zero-order valence-corrected chi connectivity index (χ0v) is 37.1.